The predicted molar refractivity (Wildman–Crippen MR) is 56.0 cm³/mol. The first-order valence-corrected chi connectivity index (χ1v) is 4.83. The minimum absolute atomic E-state index is 0.123. The Morgan fingerprint density at radius 2 is 2.00 bits per heavy atom. The number of methoxy groups -OCH3 is 1. The molecule has 0 spiro atoms. The van der Waals surface area contributed by atoms with Crippen LogP contribution < -0.4 is 10.5 Å². The molecule has 0 bridgehead atoms. The third-order valence-corrected chi connectivity index (χ3v) is 2.21. The first-order valence-electron chi connectivity index (χ1n) is 4.83. The molecule has 0 saturated heterocycles. The monoisotopic (exact) mass is 247 g/mol. The zero-order valence-electron chi connectivity index (χ0n) is 9.34. The van der Waals surface area contributed by atoms with Crippen molar-refractivity contribution in [2.75, 3.05) is 7.11 Å². The van der Waals surface area contributed by atoms with Crippen molar-refractivity contribution in [2.24, 2.45) is 5.73 Å². The molecule has 0 fully saturated rings. The summed E-state index contributed by atoms with van der Waals surface area (Å²) in [6.45, 7) is 1.33. The predicted octanol–water partition coefficient (Wildman–Crippen LogP) is 2.24. The number of carbonyl (C=O) groups is 1. The summed E-state index contributed by atoms with van der Waals surface area (Å²) in [4.78, 5) is 11.7. The fraction of sp³-hybridized carbons (Fsp3) is 0.364. The number of hydrogen-bond acceptors (Lipinski definition) is 3. The second-order valence-electron chi connectivity index (χ2n) is 3.53. The zero-order chi connectivity index (χ0) is 13.2. The molecule has 1 atom stereocenters. The molecule has 2 N–H and O–H groups in total. The molecule has 0 heterocycles. The summed E-state index contributed by atoms with van der Waals surface area (Å²) in [5.74, 6) is -0.920. The van der Waals surface area contributed by atoms with Crippen LogP contribution in [-0.2, 0) is 6.18 Å². The normalized spacial score (nSPS) is 13.3. The minimum Gasteiger partial charge on any atom is -0.496 e. The summed E-state index contributed by atoms with van der Waals surface area (Å²) in [6.07, 6.45) is -4.62. The van der Waals surface area contributed by atoms with Gasteiger partial charge in [-0.25, -0.2) is 0 Å². The van der Waals surface area contributed by atoms with Crippen LogP contribution in [0.5, 0.6) is 5.75 Å². The number of Topliss-reactive ketones (excluding diaryl/α,β-unsaturated/α-hetero) is 1. The number of ketones is 1. The van der Waals surface area contributed by atoms with Crippen LogP contribution in [0.3, 0.4) is 0 Å². The highest BCUT2D eigenvalue weighted by Gasteiger charge is 2.37. The van der Waals surface area contributed by atoms with Gasteiger partial charge < -0.3 is 10.5 Å². The number of ether oxygens (including phenoxy) is 1. The maximum atomic E-state index is 12.7. The Labute approximate surface area is 96.4 Å². The topological polar surface area (TPSA) is 52.3 Å². The van der Waals surface area contributed by atoms with Crippen LogP contribution in [0, 0.1) is 0 Å². The van der Waals surface area contributed by atoms with E-state index in [1.807, 2.05) is 0 Å². The molecule has 0 amide bonds. The van der Waals surface area contributed by atoms with Gasteiger partial charge in [-0.05, 0) is 19.1 Å². The maximum Gasteiger partial charge on any atom is 0.417 e. The smallest absolute Gasteiger partial charge is 0.417 e. The first kappa shape index (κ1) is 13.5. The van der Waals surface area contributed by atoms with Gasteiger partial charge in [0.1, 0.15) is 5.75 Å². The lowest BCUT2D eigenvalue weighted by atomic mass is 9.98. The average Bonchev–Trinajstić information content (AvgIpc) is 2.25. The van der Waals surface area contributed by atoms with Gasteiger partial charge in [0.25, 0.3) is 0 Å². The minimum atomic E-state index is -4.62. The molecule has 0 aliphatic rings. The van der Waals surface area contributed by atoms with Gasteiger partial charge in [0.2, 0.25) is 0 Å². The van der Waals surface area contributed by atoms with Crippen molar-refractivity contribution in [3.8, 4) is 5.75 Å². The van der Waals surface area contributed by atoms with E-state index < -0.39 is 29.1 Å². The molecule has 1 rings (SSSR count). The Morgan fingerprint density at radius 3 is 2.41 bits per heavy atom. The van der Waals surface area contributed by atoms with Crippen LogP contribution in [0.4, 0.5) is 13.2 Å². The Morgan fingerprint density at radius 1 is 1.41 bits per heavy atom. The number of carbonyl (C=O) groups excluding carboxylic acids is 1. The molecule has 17 heavy (non-hydrogen) atoms. The van der Waals surface area contributed by atoms with Crippen molar-refractivity contribution >= 4 is 5.78 Å². The van der Waals surface area contributed by atoms with E-state index in [2.05, 4.69) is 0 Å². The molecule has 3 nitrogen and oxygen atoms in total. The van der Waals surface area contributed by atoms with Crippen molar-refractivity contribution in [1.29, 1.82) is 0 Å². The number of rotatable bonds is 3. The van der Waals surface area contributed by atoms with E-state index >= 15 is 0 Å². The molecule has 0 saturated carbocycles. The van der Waals surface area contributed by atoms with Gasteiger partial charge in [0, 0.05) is 0 Å². The molecular weight excluding hydrogens is 235 g/mol. The van der Waals surface area contributed by atoms with E-state index in [1.165, 1.54) is 26.2 Å². The molecule has 0 aliphatic heterocycles. The molecule has 1 unspecified atom stereocenters. The van der Waals surface area contributed by atoms with E-state index in [1.54, 1.807) is 0 Å². The van der Waals surface area contributed by atoms with Gasteiger partial charge in [-0.2, -0.15) is 13.2 Å². The second kappa shape index (κ2) is 4.75. The SMILES string of the molecule is COc1cccc(C(F)(F)F)c1C(=O)C(C)N. The Hall–Kier alpha value is -1.56. The summed E-state index contributed by atoms with van der Waals surface area (Å²) in [7, 11) is 1.20. The van der Waals surface area contributed by atoms with Crippen molar-refractivity contribution in [2.45, 2.75) is 19.1 Å². The molecule has 0 aromatic heterocycles. The van der Waals surface area contributed by atoms with Gasteiger partial charge in [0.05, 0.1) is 24.3 Å². The standard InChI is InChI=1S/C11H12F3NO2/c1-6(15)10(16)9-7(11(12,13)14)4-3-5-8(9)17-2/h3-6H,15H2,1-2H3. The summed E-state index contributed by atoms with van der Waals surface area (Å²) >= 11 is 0. The van der Waals surface area contributed by atoms with Crippen molar-refractivity contribution in [3.63, 3.8) is 0 Å². The van der Waals surface area contributed by atoms with Crippen LogP contribution in [0.1, 0.15) is 22.8 Å². The highest BCUT2D eigenvalue weighted by molar-refractivity contribution is 6.03. The number of alkyl halides is 3. The lowest BCUT2D eigenvalue weighted by molar-refractivity contribution is -0.138. The number of halogens is 3. The van der Waals surface area contributed by atoms with Crippen molar-refractivity contribution in [3.05, 3.63) is 29.3 Å². The largest absolute Gasteiger partial charge is 0.496 e. The fourth-order valence-corrected chi connectivity index (χ4v) is 1.42. The highest BCUT2D eigenvalue weighted by atomic mass is 19.4. The molecule has 6 heteroatoms. The van der Waals surface area contributed by atoms with Gasteiger partial charge >= 0.3 is 6.18 Å². The van der Waals surface area contributed by atoms with E-state index in [0.29, 0.717) is 0 Å². The van der Waals surface area contributed by atoms with Crippen molar-refractivity contribution < 1.29 is 22.7 Å². The van der Waals surface area contributed by atoms with Crippen LogP contribution in [-0.4, -0.2) is 18.9 Å². The number of nitrogens with two attached hydrogens (primary N) is 1. The molecular formula is C11H12F3NO2. The molecule has 1 aromatic rings. The molecule has 1 aromatic carbocycles. The van der Waals surface area contributed by atoms with Crippen molar-refractivity contribution in [1.82, 2.24) is 0 Å². The van der Waals surface area contributed by atoms with Crippen LogP contribution in [0.15, 0.2) is 18.2 Å². The Kier molecular flexibility index (Phi) is 3.77. The van der Waals surface area contributed by atoms with Gasteiger partial charge in [-0.1, -0.05) is 6.07 Å². The Balaban J connectivity index is 3.47. The van der Waals surface area contributed by atoms with Gasteiger partial charge in [-0.15, -0.1) is 0 Å². The second-order valence-corrected chi connectivity index (χ2v) is 3.53. The average molecular weight is 247 g/mol. The fourth-order valence-electron chi connectivity index (χ4n) is 1.42. The summed E-state index contributed by atoms with van der Waals surface area (Å²) < 4.78 is 43.0. The first-order chi connectivity index (χ1) is 7.79. The van der Waals surface area contributed by atoms with Crippen LogP contribution in [0.2, 0.25) is 0 Å². The lowest BCUT2D eigenvalue weighted by Gasteiger charge is -2.16. The third kappa shape index (κ3) is 2.76. The zero-order valence-corrected chi connectivity index (χ0v) is 9.34. The summed E-state index contributed by atoms with van der Waals surface area (Å²) in [5, 5.41) is 0. The molecule has 94 valence electrons. The van der Waals surface area contributed by atoms with E-state index in [-0.39, 0.29) is 5.75 Å². The lowest BCUT2D eigenvalue weighted by Crippen LogP contribution is -2.29. The van der Waals surface area contributed by atoms with E-state index in [9.17, 15) is 18.0 Å². The molecule has 0 aliphatic carbocycles. The Bertz CT molecular complexity index is 427. The van der Waals surface area contributed by atoms with E-state index in [4.69, 9.17) is 10.5 Å². The quantitative estimate of drug-likeness (QED) is 0.833. The summed E-state index contributed by atoms with van der Waals surface area (Å²) in [6, 6.07) is 2.29. The van der Waals surface area contributed by atoms with Crippen LogP contribution in [0.25, 0.3) is 0 Å². The van der Waals surface area contributed by atoms with Gasteiger partial charge in [0.15, 0.2) is 5.78 Å². The maximum absolute atomic E-state index is 12.7. The number of hydrogen-bond donors (Lipinski definition) is 1. The van der Waals surface area contributed by atoms with Gasteiger partial charge in [-0.3, -0.25) is 4.79 Å². The highest BCUT2D eigenvalue weighted by Crippen LogP contribution is 2.36. The summed E-state index contributed by atoms with van der Waals surface area (Å²) in [5.41, 5.74) is 3.79. The molecule has 0 radical (unpaired) electrons. The number of benzene rings is 1. The third-order valence-electron chi connectivity index (χ3n) is 2.21. The van der Waals surface area contributed by atoms with Crippen LogP contribution >= 0.6 is 0 Å². The van der Waals surface area contributed by atoms with E-state index in [0.717, 1.165) is 6.07 Å².